The highest BCUT2D eigenvalue weighted by Crippen LogP contribution is 2.35. The van der Waals surface area contributed by atoms with Gasteiger partial charge in [0.25, 0.3) is 0 Å². The first-order valence-corrected chi connectivity index (χ1v) is 7.62. The van der Waals surface area contributed by atoms with E-state index in [0.29, 0.717) is 5.75 Å². The van der Waals surface area contributed by atoms with Gasteiger partial charge < -0.3 is 20.1 Å². The lowest BCUT2D eigenvalue weighted by atomic mass is 9.98. The Kier molecular flexibility index (Phi) is 4.01. The van der Waals surface area contributed by atoms with E-state index in [4.69, 9.17) is 15.2 Å². The van der Waals surface area contributed by atoms with Crippen molar-refractivity contribution in [1.29, 1.82) is 0 Å². The van der Waals surface area contributed by atoms with Gasteiger partial charge in [0.15, 0.2) is 0 Å². The summed E-state index contributed by atoms with van der Waals surface area (Å²) in [5, 5.41) is 0. The van der Waals surface area contributed by atoms with E-state index in [1.165, 1.54) is 19.3 Å². The summed E-state index contributed by atoms with van der Waals surface area (Å²) in [6.07, 6.45) is 6.25. The Morgan fingerprint density at radius 2 is 2.05 bits per heavy atom. The van der Waals surface area contributed by atoms with Crippen LogP contribution in [0.1, 0.15) is 32.1 Å². The number of nitrogens with two attached hydrogens (primary N) is 1. The number of carbonyl (C=O) groups excluding carboxylic acids is 1. The Bertz CT molecular complexity index is 526. The van der Waals surface area contributed by atoms with E-state index in [1.54, 1.807) is 11.9 Å². The highest BCUT2D eigenvalue weighted by Gasteiger charge is 2.27. The Morgan fingerprint density at radius 3 is 2.81 bits per heavy atom. The first-order chi connectivity index (χ1) is 10.1. The van der Waals surface area contributed by atoms with Crippen LogP contribution >= 0.6 is 0 Å². The number of carbonyl (C=O) groups is 1. The van der Waals surface area contributed by atoms with Crippen LogP contribution in [0.15, 0.2) is 18.2 Å². The third-order valence-corrected chi connectivity index (χ3v) is 4.21. The van der Waals surface area contributed by atoms with Gasteiger partial charge in [-0.25, -0.2) is 0 Å². The van der Waals surface area contributed by atoms with Gasteiger partial charge in [-0.05, 0) is 37.8 Å². The molecule has 2 aliphatic rings. The molecule has 3 rings (SSSR count). The number of amides is 1. The Morgan fingerprint density at radius 1 is 1.29 bits per heavy atom. The van der Waals surface area contributed by atoms with Crippen LogP contribution in [0.4, 0.5) is 5.69 Å². The minimum atomic E-state index is -0.620. The minimum absolute atomic E-state index is 0.136. The molecule has 0 unspecified atom stereocenters. The average molecular weight is 290 g/mol. The largest absolute Gasteiger partial charge is 0.490 e. The molecule has 21 heavy (non-hydrogen) atoms. The molecular formula is C16H22N2O3. The molecule has 1 aromatic carbocycles. The number of hydrogen-bond donors (Lipinski definition) is 1. The van der Waals surface area contributed by atoms with Gasteiger partial charge in [0, 0.05) is 13.1 Å². The van der Waals surface area contributed by atoms with Crippen molar-refractivity contribution in [2.45, 2.75) is 44.2 Å². The second-order valence-corrected chi connectivity index (χ2v) is 5.82. The van der Waals surface area contributed by atoms with Gasteiger partial charge in [0.1, 0.15) is 24.1 Å². The van der Waals surface area contributed by atoms with Crippen molar-refractivity contribution in [3.05, 3.63) is 18.2 Å². The number of hydrogen-bond acceptors (Lipinski definition) is 4. The van der Waals surface area contributed by atoms with Crippen LogP contribution in [0.25, 0.3) is 0 Å². The van der Waals surface area contributed by atoms with E-state index < -0.39 is 6.04 Å². The molecule has 1 heterocycles. The topological polar surface area (TPSA) is 64.8 Å². The Labute approximate surface area is 125 Å². The minimum Gasteiger partial charge on any atom is -0.490 e. The number of anilines is 1. The monoisotopic (exact) mass is 290 g/mol. The molecule has 5 nitrogen and oxygen atoms in total. The molecule has 1 aromatic rings. The fourth-order valence-corrected chi connectivity index (χ4v) is 2.95. The highest BCUT2D eigenvalue weighted by atomic mass is 16.5. The van der Waals surface area contributed by atoms with Crippen LogP contribution < -0.4 is 20.1 Å². The summed E-state index contributed by atoms with van der Waals surface area (Å²) in [5.74, 6) is 1.33. The molecule has 0 aromatic heterocycles. The van der Waals surface area contributed by atoms with Gasteiger partial charge in [-0.3, -0.25) is 4.79 Å². The Hall–Kier alpha value is -1.75. The third-order valence-electron chi connectivity index (χ3n) is 4.21. The molecule has 0 saturated heterocycles. The maximum Gasteiger partial charge on any atom is 0.247 e. The average Bonchev–Trinajstić information content (AvgIpc) is 2.61. The van der Waals surface area contributed by atoms with Crippen molar-refractivity contribution < 1.29 is 14.3 Å². The number of fused-ring (bicyclic) bond motifs is 1. The molecule has 1 aliphatic heterocycles. The third kappa shape index (κ3) is 2.97. The van der Waals surface area contributed by atoms with E-state index in [2.05, 4.69) is 0 Å². The summed E-state index contributed by atoms with van der Waals surface area (Å²) in [6, 6.07) is 5.02. The zero-order chi connectivity index (χ0) is 14.8. The molecule has 1 saturated carbocycles. The maximum atomic E-state index is 12.1. The summed E-state index contributed by atoms with van der Waals surface area (Å²) in [4.78, 5) is 13.6. The molecule has 1 amide bonds. The van der Waals surface area contributed by atoms with Gasteiger partial charge in [-0.1, -0.05) is 6.42 Å². The van der Waals surface area contributed by atoms with Gasteiger partial charge >= 0.3 is 0 Å². The normalized spacial score (nSPS) is 23.2. The van der Waals surface area contributed by atoms with Crippen molar-refractivity contribution in [3.8, 4) is 11.5 Å². The molecule has 1 atom stereocenters. The fourth-order valence-electron chi connectivity index (χ4n) is 2.95. The summed E-state index contributed by atoms with van der Waals surface area (Å²) in [5.41, 5.74) is 6.51. The SMILES string of the molecule is CN1C(=O)[C@@H](N)COc2ccc(OC3CCCCC3)cc21. The number of rotatable bonds is 2. The lowest BCUT2D eigenvalue weighted by Crippen LogP contribution is -2.43. The van der Waals surface area contributed by atoms with Crippen LogP contribution in [0.3, 0.4) is 0 Å². The summed E-state index contributed by atoms with van der Waals surface area (Å²) >= 11 is 0. The zero-order valence-electron chi connectivity index (χ0n) is 12.4. The molecule has 5 heteroatoms. The van der Waals surface area contributed by atoms with Gasteiger partial charge in [0.05, 0.1) is 11.8 Å². The summed E-state index contributed by atoms with van der Waals surface area (Å²) in [7, 11) is 1.72. The second kappa shape index (κ2) is 5.93. The quantitative estimate of drug-likeness (QED) is 0.905. The zero-order valence-corrected chi connectivity index (χ0v) is 12.4. The predicted octanol–water partition coefficient (Wildman–Crippen LogP) is 2.08. The van der Waals surface area contributed by atoms with E-state index in [1.807, 2.05) is 18.2 Å². The molecule has 0 spiro atoms. The van der Waals surface area contributed by atoms with Crippen molar-refractivity contribution in [1.82, 2.24) is 0 Å². The van der Waals surface area contributed by atoms with Crippen molar-refractivity contribution in [3.63, 3.8) is 0 Å². The number of likely N-dealkylation sites (N-methyl/N-ethyl adjacent to an activating group) is 1. The van der Waals surface area contributed by atoms with Crippen LogP contribution in [0.2, 0.25) is 0 Å². The lowest BCUT2D eigenvalue weighted by Gasteiger charge is -2.24. The van der Waals surface area contributed by atoms with E-state index in [0.717, 1.165) is 24.3 Å². The van der Waals surface area contributed by atoms with Crippen LogP contribution in [-0.2, 0) is 4.79 Å². The van der Waals surface area contributed by atoms with Gasteiger partial charge in [-0.2, -0.15) is 0 Å². The number of nitrogens with zero attached hydrogens (tertiary/aromatic N) is 1. The van der Waals surface area contributed by atoms with E-state index >= 15 is 0 Å². The van der Waals surface area contributed by atoms with Crippen LogP contribution in [0, 0.1) is 0 Å². The molecule has 0 radical (unpaired) electrons. The maximum absolute atomic E-state index is 12.1. The van der Waals surface area contributed by atoms with Gasteiger partial charge in [0.2, 0.25) is 5.91 Å². The molecule has 114 valence electrons. The second-order valence-electron chi connectivity index (χ2n) is 5.82. The van der Waals surface area contributed by atoms with E-state index in [9.17, 15) is 4.79 Å². The predicted molar refractivity (Wildman–Crippen MR) is 80.8 cm³/mol. The standard InChI is InChI=1S/C16H22N2O3/c1-18-14-9-12(21-11-5-3-2-4-6-11)7-8-15(14)20-10-13(17)16(18)19/h7-9,11,13H,2-6,10,17H2,1H3/t13-/m0/s1. The molecular weight excluding hydrogens is 268 g/mol. The molecule has 2 N–H and O–H groups in total. The van der Waals surface area contributed by atoms with Crippen molar-refractivity contribution >= 4 is 11.6 Å². The molecule has 0 bridgehead atoms. The lowest BCUT2D eigenvalue weighted by molar-refractivity contribution is -0.119. The summed E-state index contributed by atoms with van der Waals surface area (Å²) in [6.45, 7) is 0.207. The Balaban J connectivity index is 1.81. The fraction of sp³-hybridized carbons (Fsp3) is 0.562. The number of ether oxygens (including phenoxy) is 2. The summed E-state index contributed by atoms with van der Waals surface area (Å²) < 4.78 is 11.7. The molecule has 1 fully saturated rings. The van der Waals surface area contributed by atoms with Crippen LogP contribution in [0.5, 0.6) is 11.5 Å². The van der Waals surface area contributed by atoms with Crippen molar-refractivity contribution in [2.24, 2.45) is 5.73 Å². The number of benzene rings is 1. The van der Waals surface area contributed by atoms with Crippen LogP contribution in [-0.4, -0.2) is 31.7 Å². The highest BCUT2D eigenvalue weighted by molar-refractivity contribution is 5.98. The molecule has 1 aliphatic carbocycles. The first kappa shape index (κ1) is 14.2. The first-order valence-electron chi connectivity index (χ1n) is 7.62. The van der Waals surface area contributed by atoms with E-state index in [-0.39, 0.29) is 18.6 Å². The van der Waals surface area contributed by atoms with Gasteiger partial charge in [-0.15, -0.1) is 0 Å². The van der Waals surface area contributed by atoms with Crippen molar-refractivity contribution in [2.75, 3.05) is 18.6 Å². The smallest absolute Gasteiger partial charge is 0.247 e.